The predicted molar refractivity (Wildman–Crippen MR) is 56.1 cm³/mol. The zero-order valence-corrected chi connectivity index (χ0v) is 8.29. The lowest BCUT2D eigenvalue weighted by atomic mass is 9.97. The molecular weight excluding hydrogens is 176 g/mol. The third kappa shape index (κ3) is 1.25. The molecule has 0 unspecified atom stereocenters. The molecule has 1 heterocycles. The van der Waals surface area contributed by atoms with E-state index in [9.17, 15) is 4.79 Å². The normalized spacial score (nSPS) is 15.5. The van der Waals surface area contributed by atoms with Crippen LogP contribution in [0.1, 0.15) is 22.8 Å². The zero-order valence-electron chi connectivity index (χ0n) is 8.29. The highest BCUT2D eigenvalue weighted by Crippen LogP contribution is 2.23. The van der Waals surface area contributed by atoms with Gasteiger partial charge in [-0.25, -0.2) is 0 Å². The second-order valence-corrected chi connectivity index (χ2v) is 3.52. The molecule has 3 heteroatoms. The Morgan fingerprint density at radius 2 is 2.29 bits per heavy atom. The smallest absolute Gasteiger partial charge is 0.256 e. The van der Waals surface area contributed by atoms with Crippen LogP contribution in [0, 0.1) is 0 Å². The maximum Gasteiger partial charge on any atom is 0.256 e. The molecule has 1 aliphatic heterocycles. The van der Waals surface area contributed by atoms with E-state index in [4.69, 9.17) is 5.73 Å². The van der Waals surface area contributed by atoms with Gasteiger partial charge in [-0.2, -0.15) is 0 Å². The van der Waals surface area contributed by atoms with E-state index in [1.807, 2.05) is 24.0 Å². The van der Waals surface area contributed by atoms with Crippen molar-refractivity contribution < 1.29 is 4.79 Å². The van der Waals surface area contributed by atoms with E-state index in [1.165, 1.54) is 0 Å². The van der Waals surface area contributed by atoms with Crippen LogP contribution < -0.4 is 5.73 Å². The molecule has 1 aromatic carbocycles. The van der Waals surface area contributed by atoms with Crippen LogP contribution in [-0.2, 0) is 6.42 Å². The van der Waals surface area contributed by atoms with Crippen LogP contribution in [0.3, 0.4) is 0 Å². The molecule has 0 radical (unpaired) electrons. The Morgan fingerprint density at radius 1 is 1.50 bits per heavy atom. The quantitative estimate of drug-likeness (QED) is 0.678. The van der Waals surface area contributed by atoms with Crippen molar-refractivity contribution in [1.82, 2.24) is 4.90 Å². The second-order valence-electron chi connectivity index (χ2n) is 3.52. The highest BCUT2D eigenvalue weighted by Gasteiger charge is 2.24. The Bertz CT molecular complexity index is 374. The SMILES string of the molecule is CCN1CCc2cccc(N)c2C1=O. The first-order chi connectivity index (χ1) is 6.74. The summed E-state index contributed by atoms with van der Waals surface area (Å²) in [7, 11) is 0. The van der Waals surface area contributed by atoms with Crippen molar-refractivity contribution >= 4 is 11.6 Å². The minimum Gasteiger partial charge on any atom is -0.398 e. The maximum absolute atomic E-state index is 11.9. The summed E-state index contributed by atoms with van der Waals surface area (Å²) in [5, 5.41) is 0. The number of hydrogen-bond donors (Lipinski definition) is 1. The van der Waals surface area contributed by atoms with Crippen molar-refractivity contribution in [1.29, 1.82) is 0 Å². The molecule has 2 N–H and O–H groups in total. The van der Waals surface area contributed by atoms with Gasteiger partial charge in [0, 0.05) is 18.8 Å². The van der Waals surface area contributed by atoms with E-state index in [0.717, 1.165) is 25.1 Å². The molecular formula is C11H14N2O. The molecule has 0 bridgehead atoms. The monoisotopic (exact) mass is 190 g/mol. The molecule has 0 atom stereocenters. The van der Waals surface area contributed by atoms with Gasteiger partial charge in [-0.1, -0.05) is 12.1 Å². The van der Waals surface area contributed by atoms with Gasteiger partial charge in [0.25, 0.3) is 5.91 Å². The van der Waals surface area contributed by atoms with E-state index in [-0.39, 0.29) is 5.91 Å². The first kappa shape index (κ1) is 9.06. The predicted octanol–water partition coefficient (Wildman–Crippen LogP) is 1.29. The van der Waals surface area contributed by atoms with Crippen LogP contribution in [0.15, 0.2) is 18.2 Å². The third-order valence-corrected chi connectivity index (χ3v) is 2.72. The molecule has 14 heavy (non-hydrogen) atoms. The molecule has 0 aromatic heterocycles. The largest absolute Gasteiger partial charge is 0.398 e. The lowest BCUT2D eigenvalue weighted by Gasteiger charge is -2.28. The van der Waals surface area contributed by atoms with Crippen LogP contribution in [-0.4, -0.2) is 23.9 Å². The number of fused-ring (bicyclic) bond motifs is 1. The first-order valence-corrected chi connectivity index (χ1v) is 4.90. The summed E-state index contributed by atoms with van der Waals surface area (Å²) in [5.74, 6) is 0.0758. The van der Waals surface area contributed by atoms with E-state index in [2.05, 4.69) is 0 Å². The molecule has 3 nitrogen and oxygen atoms in total. The van der Waals surface area contributed by atoms with Crippen molar-refractivity contribution in [2.24, 2.45) is 0 Å². The maximum atomic E-state index is 11.9. The average molecular weight is 190 g/mol. The molecule has 2 rings (SSSR count). The van der Waals surface area contributed by atoms with Crippen LogP contribution in [0.5, 0.6) is 0 Å². The number of carbonyl (C=O) groups excluding carboxylic acids is 1. The molecule has 74 valence electrons. The van der Waals surface area contributed by atoms with Crippen molar-refractivity contribution in [3.05, 3.63) is 29.3 Å². The number of likely N-dealkylation sites (N-methyl/N-ethyl adjacent to an activating group) is 1. The van der Waals surface area contributed by atoms with Gasteiger partial charge in [0.05, 0.1) is 5.56 Å². The number of benzene rings is 1. The number of rotatable bonds is 1. The third-order valence-electron chi connectivity index (χ3n) is 2.72. The number of carbonyl (C=O) groups is 1. The van der Waals surface area contributed by atoms with Gasteiger partial charge in [0.1, 0.15) is 0 Å². The Kier molecular flexibility index (Phi) is 2.15. The summed E-state index contributed by atoms with van der Waals surface area (Å²) in [6.07, 6.45) is 0.917. The summed E-state index contributed by atoms with van der Waals surface area (Å²) in [5.41, 5.74) is 8.20. The van der Waals surface area contributed by atoms with Crippen LogP contribution >= 0.6 is 0 Å². The van der Waals surface area contributed by atoms with Crippen molar-refractivity contribution in [2.75, 3.05) is 18.8 Å². The number of anilines is 1. The van der Waals surface area contributed by atoms with E-state index >= 15 is 0 Å². The standard InChI is InChI=1S/C11H14N2O/c1-2-13-7-6-8-4-3-5-9(12)10(8)11(13)14/h3-5H,2,6-7,12H2,1H3. The minimum absolute atomic E-state index is 0.0758. The fourth-order valence-electron chi connectivity index (χ4n) is 1.91. The summed E-state index contributed by atoms with van der Waals surface area (Å²) < 4.78 is 0. The minimum atomic E-state index is 0.0758. The molecule has 1 aliphatic rings. The summed E-state index contributed by atoms with van der Waals surface area (Å²) in [4.78, 5) is 13.7. The summed E-state index contributed by atoms with van der Waals surface area (Å²) in [6, 6.07) is 5.68. The van der Waals surface area contributed by atoms with Crippen molar-refractivity contribution in [3.63, 3.8) is 0 Å². The van der Waals surface area contributed by atoms with Gasteiger partial charge in [-0.15, -0.1) is 0 Å². The Hall–Kier alpha value is -1.51. The molecule has 0 saturated carbocycles. The lowest BCUT2D eigenvalue weighted by Crippen LogP contribution is -2.37. The number of nitrogen functional groups attached to an aromatic ring is 1. The number of amides is 1. The average Bonchev–Trinajstić information content (AvgIpc) is 2.18. The Morgan fingerprint density at radius 3 is 3.00 bits per heavy atom. The van der Waals surface area contributed by atoms with Crippen LogP contribution in [0.2, 0.25) is 0 Å². The molecule has 0 aliphatic carbocycles. The topological polar surface area (TPSA) is 46.3 Å². The zero-order chi connectivity index (χ0) is 10.1. The Balaban J connectivity index is 2.48. The lowest BCUT2D eigenvalue weighted by molar-refractivity contribution is 0.0750. The Labute approximate surface area is 83.5 Å². The fraction of sp³-hybridized carbons (Fsp3) is 0.364. The van der Waals surface area contributed by atoms with Crippen LogP contribution in [0.4, 0.5) is 5.69 Å². The van der Waals surface area contributed by atoms with Gasteiger partial charge in [-0.05, 0) is 25.0 Å². The number of hydrogen-bond acceptors (Lipinski definition) is 2. The summed E-state index contributed by atoms with van der Waals surface area (Å²) in [6.45, 7) is 3.56. The van der Waals surface area contributed by atoms with Crippen molar-refractivity contribution in [3.8, 4) is 0 Å². The number of nitrogens with zero attached hydrogens (tertiary/aromatic N) is 1. The van der Waals surface area contributed by atoms with Crippen molar-refractivity contribution in [2.45, 2.75) is 13.3 Å². The van der Waals surface area contributed by atoms with Gasteiger partial charge in [0.15, 0.2) is 0 Å². The van der Waals surface area contributed by atoms with Gasteiger partial charge in [0.2, 0.25) is 0 Å². The molecule has 0 spiro atoms. The second kappa shape index (κ2) is 3.33. The van der Waals surface area contributed by atoms with E-state index in [0.29, 0.717) is 11.3 Å². The highest BCUT2D eigenvalue weighted by molar-refractivity contribution is 6.01. The van der Waals surface area contributed by atoms with E-state index in [1.54, 1.807) is 6.07 Å². The molecule has 1 aromatic rings. The number of nitrogens with two attached hydrogens (primary N) is 1. The summed E-state index contributed by atoms with van der Waals surface area (Å²) >= 11 is 0. The van der Waals surface area contributed by atoms with Gasteiger partial charge >= 0.3 is 0 Å². The van der Waals surface area contributed by atoms with E-state index < -0.39 is 0 Å². The molecule has 1 amide bonds. The molecule has 0 fully saturated rings. The van der Waals surface area contributed by atoms with Gasteiger partial charge in [-0.3, -0.25) is 4.79 Å². The van der Waals surface area contributed by atoms with Gasteiger partial charge < -0.3 is 10.6 Å². The first-order valence-electron chi connectivity index (χ1n) is 4.90. The molecule has 0 saturated heterocycles. The fourth-order valence-corrected chi connectivity index (χ4v) is 1.91. The highest BCUT2D eigenvalue weighted by atomic mass is 16.2. The van der Waals surface area contributed by atoms with Crippen LogP contribution in [0.25, 0.3) is 0 Å².